The van der Waals surface area contributed by atoms with Crippen LogP contribution in [0.3, 0.4) is 0 Å². The second-order valence-corrected chi connectivity index (χ2v) is 7.14. The van der Waals surface area contributed by atoms with Crippen molar-refractivity contribution in [1.82, 2.24) is 4.90 Å². The number of allylic oxidation sites excluding steroid dienone is 11. The summed E-state index contributed by atoms with van der Waals surface area (Å²) < 4.78 is 0. The van der Waals surface area contributed by atoms with Gasteiger partial charge in [-0.3, -0.25) is 4.99 Å². The van der Waals surface area contributed by atoms with E-state index in [1.807, 2.05) is 44.0 Å². The van der Waals surface area contributed by atoms with Crippen LogP contribution in [-0.4, -0.2) is 22.8 Å². The average molecular weight is 452 g/mol. The summed E-state index contributed by atoms with van der Waals surface area (Å²) in [4.78, 5) is 6.43. The highest BCUT2D eigenvalue weighted by molar-refractivity contribution is 6.43. The molecule has 0 fully saturated rings. The van der Waals surface area contributed by atoms with E-state index in [1.165, 1.54) is 5.54 Å². The number of rotatable bonds is 8. The molecular weight excluding hydrogens is 427 g/mol. The third kappa shape index (κ3) is 7.62. The van der Waals surface area contributed by atoms with E-state index in [-0.39, 0.29) is 10.8 Å². The topological polar surface area (TPSA) is 35.8 Å². The lowest BCUT2D eigenvalue weighted by Gasteiger charge is -2.26. The number of nitrogens with zero attached hydrogens (tertiary/aromatic N) is 2. The zero-order valence-electron chi connectivity index (χ0n) is 16.8. The molecule has 1 aliphatic carbocycles. The van der Waals surface area contributed by atoms with Gasteiger partial charge in [-0.2, -0.15) is 0 Å². The molecule has 1 N–H and O–H groups in total. The maximum atomic E-state index is 10.4. The number of hydrogen-bond acceptors (Lipinski definition) is 3. The number of aliphatic hydroxyl groups excluding tert-OH is 1. The molecule has 0 saturated heterocycles. The van der Waals surface area contributed by atoms with E-state index >= 15 is 0 Å². The van der Waals surface area contributed by atoms with Crippen LogP contribution in [0.15, 0.2) is 111 Å². The molecule has 154 valence electrons. The predicted octanol–water partition coefficient (Wildman–Crippen LogP) is 7.64. The van der Waals surface area contributed by atoms with Crippen LogP contribution in [0.4, 0.5) is 0 Å². The molecule has 3 nitrogen and oxygen atoms in total. The largest absolute Gasteiger partial charge is 0.506 e. The minimum Gasteiger partial charge on any atom is -0.506 e. The van der Waals surface area contributed by atoms with Gasteiger partial charge in [0, 0.05) is 29.6 Å². The number of likely N-dealkylation sites (N-methyl/N-ethyl adjacent to an activating group) is 1. The molecular formula is C23H25Cl3N2O. The summed E-state index contributed by atoms with van der Waals surface area (Å²) in [6.07, 6.45) is 15.0. The van der Waals surface area contributed by atoms with Gasteiger partial charge >= 0.3 is 0 Å². The Morgan fingerprint density at radius 2 is 2.00 bits per heavy atom. The lowest BCUT2D eigenvalue weighted by atomic mass is 10.1. The molecule has 0 atom stereocenters. The first-order chi connectivity index (χ1) is 13.7. The maximum Gasteiger partial charge on any atom is 0.135 e. The van der Waals surface area contributed by atoms with Crippen LogP contribution in [0.1, 0.15) is 20.3 Å². The maximum absolute atomic E-state index is 10.4. The van der Waals surface area contributed by atoms with Gasteiger partial charge in [-0.15, -0.1) is 0 Å². The van der Waals surface area contributed by atoms with Gasteiger partial charge in [-0.05, 0) is 50.6 Å². The van der Waals surface area contributed by atoms with E-state index in [9.17, 15) is 5.11 Å². The molecule has 0 aliphatic heterocycles. The number of aliphatic hydroxyl groups is 1. The van der Waals surface area contributed by atoms with Gasteiger partial charge in [-0.1, -0.05) is 66.2 Å². The molecule has 0 unspecified atom stereocenters. The van der Waals surface area contributed by atoms with Gasteiger partial charge < -0.3 is 10.0 Å². The Morgan fingerprint density at radius 3 is 2.59 bits per heavy atom. The van der Waals surface area contributed by atoms with E-state index in [0.29, 0.717) is 34.1 Å². The van der Waals surface area contributed by atoms with Crippen LogP contribution >= 0.6 is 34.8 Å². The van der Waals surface area contributed by atoms with E-state index in [4.69, 9.17) is 34.8 Å². The highest BCUT2D eigenvalue weighted by Crippen LogP contribution is 2.25. The molecule has 29 heavy (non-hydrogen) atoms. The van der Waals surface area contributed by atoms with Gasteiger partial charge in [0.05, 0.1) is 21.5 Å². The van der Waals surface area contributed by atoms with E-state index in [2.05, 4.69) is 18.2 Å². The van der Waals surface area contributed by atoms with Crippen LogP contribution in [0.5, 0.6) is 0 Å². The Morgan fingerprint density at radius 1 is 1.31 bits per heavy atom. The Bertz CT molecular complexity index is 897. The van der Waals surface area contributed by atoms with Gasteiger partial charge in [0.25, 0.3) is 0 Å². The van der Waals surface area contributed by atoms with Crippen LogP contribution in [-0.2, 0) is 0 Å². The lowest BCUT2D eigenvalue weighted by molar-refractivity contribution is 0.379. The van der Waals surface area contributed by atoms with E-state index < -0.39 is 0 Å². The minimum absolute atomic E-state index is 0.185. The average Bonchev–Trinajstić information content (AvgIpc) is 2.91. The number of hydrogen-bond donors (Lipinski definition) is 1. The third-order valence-electron chi connectivity index (χ3n) is 4.02. The fourth-order valence-corrected chi connectivity index (χ4v) is 2.64. The van der Waals surface area contributed by atoms with Crippen molar-refractivity contribution in [1.29, 1.82) is 0 Å². The van der Waals surface area contributed by atoms with E-state index in [0.717, 1.165) is 5.70 Å². The zero-order chi connectivity index (χ0) is 22.0. The molecule has 0 aromatic rings. The van der Waals surface area contributed by atoms with Gasteiger partial charge in [-0.25, -0.2) is 0 Å². The van der Waals surface area contributed by atoms with Crippen molar-refractivity contribution in [2.45, 2.75) is 20.3 Å². The fraction of sp³-hybridized carbons (Fsp3) is 0.174. The molecule has 0 spiro atoms. The van der Waals surface area contributed by atoms with E-state index in [1.54, 1.807) is 30.4 Å². The van der Waals surface area contributed by atoms with Crippen molar-refractivity contribution in [3.05, 3.63) is 106 Å². The first kappa shape index (κ1) is 24.8. The number of halogens is 3. The highest BCUT2D eigenvalue weighted by Gasteiger charge is 2.17. The van der Waals surface area contributed by atoms with Crippen molar-refractivity contribution in [2.75, 3.05) is 7.05 Å². The smallest absolute Gasteiger partial charge is 0.135 e. The Kier molecular flexibility index (Phi) is 10.6. The van der Waals surface area contributed by atoms with Crippen LogP contribution in [0.25, 0.3) is 0 Å². The number of aliphatic imine (C=N–C) groups is 1. The summed E-state index contributed by atoms with van der Waals surface area (Å²) >= 11 is 17.6. The summed E-state index contributed by atoms with van der Waals surface area (Å²) in [5, 5.41) is 10.9. The quantitative estimate of drug-likeness (QED) is 0.304. The van der Waals surface area contributed by atoms with Gasteiger partial charge in [0.2, 0.25) is 0 Å². The molecule has 6 heteroatoms. The molecule has 0 amide bonds. The summed E-state index contributed by atoms with van der Waals surface area (Å²) in [5.74, 6) is 0.185. The van der Waals surface area contributed by atoms with Gasteiger partial charge in [0.1, 0.15) is 5.76 Å². The molecule has 1 rings (SSSR count). The minimum atomic E-state index is 0.185. The fourth-order valence-electron chi connectivity index (χ4n) is 2.40. The van der Waals surface area contributed by atoms with Crippen molar-refractivity contribution in [3.8, 4) is 0 Å². The second kappa shape index (κ2) is 12.4. The van der Waals surface area contributed by atoms with Crippen molar-refractivity contribution in [2.24, 2.45) is 4.99 Å². The first-order valence-corrected chi connectivity index (χ1v) is 10.0. The standard InChI is InChI=1S/C23H25Cl3N2O/c1-6-19(15-20(26)17(3)25)27-18(4)16(2)21(12-10-14-24)28(5)22-11-8-7-9-13-23(22)29/h6-8,10-15,29H,2-3,9H2,1,4-5H3/b14-10+,19-6?,20-15+,21-12+,27-18?. The molecule has 1 aliphatic rings. The van der Waals surface area contributed by atoms with Crippen LogP contribution in [0, 0.1) is 0 Å². The predicted molar refractivity (Wildman–Crippen MR) is 128 cm³/mol. The second-order valence-electron chi connectivity index (χ2n) is 6.02. The molecule has 0 bridgehead atoms. The summed E-state index contributed by atoms with van der Waals surface area (Å²) in [5.41, 5.74) is 4.68. The monoisotopic (exact) mass is 450 g/mol. The molecule has 0 aromatic carbocycles. The van der Waals surface area contributed by atoms with Crippen molar-refractivity contribution < 1.29 is 5.11 Å². The Labute approximate surface area is 188 Å². The van der Waals surface area contributed by atoms with Gasteiger partial charge in [0.15, 0.2) is 0 Å². The van der Waals surface area contributed by atoms with Crippen molar-refractivity contribution >= 4 is 40.5 Å². The molecule has 0 heterocycles. The SMILES string of the molecule is C=C(Cl)/C(Cl)=C\C(=CC)N=C(C)C(=C)/C(=C\C=C\Cl)N(C)C1=CC=CCC=C1O. The highest BCUT2D eigenvalue weighted by atomic mass is 35.5. The Balaban J connectivity index is 3.33. The van der Waals surface area contributed by atoms with Crippen LogP contribution < -0.4 is 0 Å². The lowest BCUT2D eigenvalue weighted by Crippen LogP contribution is -2.22. The van der Waals surface area contributed by atoms with Crippen LogP contribution in [0.2, 0.25) is 0 Å². The summed E-state index contributed by atoms with van der Waals surface area (Å²) in [6.45, 7) is 11.5. The third-order valence-corrected chi connectivity index (χ3v) is 4.80. The molecule has 0 radical (unpaired) electrons. The Hall–Kier alpha value is -2.20. The zero-order valence-corrected chi connectivity index (χ0v) is 19.1. The summed E-state index contributed by atoms with van der Waals surface area (Å²) in [6, 6.07) is 0. The molecule has 0 saturated carbocycles. The normalized spacial score (nSPS) is 16.5. The molecule has 0 aromatic heterocycles. The first-order valence-electron chi connectivity index (χ1n) is 8.83. The summed E-state index contributed by atoms with van der Waals surface area (Å²) in [7, 11) is 1.84. The van der Waals surface area contributed by atoms with Crippen molar-refractivity contribution in [3.63, 3.8) is 0 Å².